The van der Waals surface area contributed by atoms with Crippen LogP contribution < -0.4 is 10.1 Å². The number of carbonyl (C=O) groups is 2. The van der Waals surface area contributed by atoms with Gasteiger partial charge in [-0.2, -0.15) is 4.98 Å². The van der Waals surface area contributed by atoms with Gasteiger partial charge in [0.2, 0.25) is 5.82 Å². The van der Waals surface area contributed by atoms with E-state index in [0.717, 1.165) is 5.56 Å². The molecule has 0 aliphatic heterocycles. The van der Waals surface area contributed by atoms with E-state index >= 15 is 0 Å². The van der Waals surface area contributed by atoms with Crippen LogP contribution in [-0.2, 0) is 11.3 Å². The first-order valence-electron chi connectivity index (χ1n) is 8.56. The molecule has 1 heterocycles. The fourth-order valence-corrected chi connectivity index (χ4v) is 2.44. The Morgan fingerprint density at radius 3 is 2.50 bits per heavy atom. The van der Waals surface area contributed by atoms with Crippen LogP contribution in [0.5, 0.6) is 5.75 Å². The summed E-state index contributed by atoms with van der Waals surface area (Å²) in [6.07, 6.45) is 0. The Morgan fingerprint density at radius 1 is 1.11 bits per heavy atom. The molecule has 144 valence electrons. The standard InChI is InChI=1S/C20H19N3O5/c1-13(14-6-4-3-5-7-14)21-18(24)19-22-17(23-28-19)12-27-16-10-8-15(9-11-16)20(25)26-2/h3-11,13H,12H2,1-2H3,(H,21,24)/t13-/m1/s1. The average Bonchev–Trinajstić information content (AvgIpc) is 3.22. The van der Waals surface area contributed by atoms with Crippen LogP contribution in [0, 0.1) is 0 Å². The van der Waals surface area contributed by atoms with Crippen molar-refractivity contribution < 1.29 is 23.6 Å². The minimum Gasteiger partial charge on any atom is -0.485 e. The second kappa shape index (κ2) is 8.81. The number of rotatable bonds is 7. The maximum absolute atomic E-state index is 12.3. The van der Waals surface area contributed by atoms with Gasteiger partial charge in [-0.15, -0.1) is 0 Å². The van der Waals surface area contributed by atoms with Gasteiger partial charge in [-0.3, -0.25) is 4.79 Å². The zero-order chi connectivity index (χ0) is 19.9. The number of benzene rings is 2. The maximum atomic E-state index is 12.3. The van der Waals surface area contributed by atoms with E-state index in [1.807, 2.05) is 37.3 Å². The summed E-state index contributed by atoms with van der Waals surface area (Å²) in [4.78, 5) is 27.7. The van der Waals surface area contributed by atoms with Gasteiger partial charge in [-0.1, -0.05) is 35.5 Å². The molecule has 1 atom stereocenters. The largest absolute Gasteiger partial charge is 0.485 e. The van der Waals surface area contributed by atoms with Crippen LogP contribution in [0.3, 0.4) is 0 Å². The minimum absolute atomic E-state index is 0.0165. The molecule has 1 aromatic heterocycles. The van der Waals surface area contributed by atoms with Gasteiger partial charge in [-0.05, 0) is 36.8 Å². The lowest BCUT2D eigenvalue weighted by Crippen LogP contribution is -2.26. The predicted molar refractivity (Wildman–Crippen MR) is 98.7 cm³/mol. The molecule has 0 unspecified atom stereocenters. The van der Waals surface area contributed by atoms with Crippen LogP contribution in [0.1, 0.15) is 45.4 Å². The first kappa shape index (κ1) is 19.1. The number of amides is 1. The minimum atomic E-state index is -0.461. The summed E-state index contributed by atoms with van der Waals surface area (Å²) in [7, 11) is 1.32. The number of hydrogen-bond acceptors (Lipinski definition) is 7. The van der Waals surface area contributed by atoms with Crippen molar-refractivity contribution in [1.29, 1.82) is 0 Å². The molecular weight excluding hydrogens is 362 g/mol. The zero-order valence-corrected chi connectivity index (χ0v) is 15.4. The van der Waals surface area contributed by atoms with Crippen molar-refractivity contribution in [2.24, 2.45) is 0 Å². The van der Waals surface area contributed by atoms with Crippen molar-refractivity contribution in [1.82, 2.24) is 15.5 Å². The summed E-state index contributed by atoms with van der Waals surface area (Å²) >= 11 is 0. The second-order valence-electron chi connectivity index (χ2n) is 5.93. The summed E-state index contributed by atoms with van der Waals surface area (Å²) in [5, 5.41) is 6.55. The van der Waals surface area contributed by atoms with Gasteiger partial charge in [0.15, 0.2) is 6.61 Å². The van der Waals surface area contributed by atoms with Crippen LogP contribution >= 0.6 is 0 Å². The van der Waals surface area contributed by atoms with Crippen molar-refractivity contribution in [3.05, 3.63) is 77.4 Å². The van der Waals surface area contributed by atoms with Gasteiger partial charge < -0.3 is 19.3 Å². The highest BCUT2D eigenvalue weighted by molar-refractivity contribution is 5.90. The summed E-state index contributed by atoms with van der Waals surface area (Å²) in [5.41, 5.74) is 1.38. The fraction of sp³-hybridized carbons (Fsp3) is 0.200. The molecule has 8 heteroatoms. The molecule has 0 saturated heterocycles. The van der Waals surface area contributed by atoms with Crippen LogP contribution in [0.25, 0.3) is 0 Å². The zero-order valence-electron chi connectivity index (χ0n) is 15.4. The summed E-state index contributed by atoms with van der Waals surface area (Å²) in [6.45, 7) is 1.88. The third kappa shape index (κ3) is 4.73. The van der Waals surface area contributed by atoms with E-state index in [9.17, 15) is 9.59 Å². The van der Waals surface area contributed by atoms with Crippen LogP contribution in [0.15, 0.2) is 59.1 Å². The van der Waals surface area contributed by atoms with Gasteiger partial charge in [0.05, 0.1) is 18.7 Å². The molecule has 28 heavy (non-hydrogen) atoms. The van der Waals surface area contributed by atoms with E-state index in [1.54, 1.807) is 24.3 Å². The molecule has 0 aliphatic rings. The third-order valence-corrected chi connectivity index (χ3v) is 3.95. The molecule has 8 nitrogen and oxygen atoms in total. The second-order valence-corrected chi connectivity index (χ2v) is 5.93. The van der Waals surface area contributed by atoms with Crippen molar-refractivity contribution in [2.75, 3.05) is 7.11 Å². The highest BCUT2D eigenvalue weighted by Gasteiger charge is 2.18. The van der Waals surface area contributed by atoms with Crippen LogP contribution in [-0.4, -0.2) is 29.1 Å². The normalized spacial score (nSPS) is 11.5. The SMILES string of the molecule is COC(=O)c1ccc(OCc2noc(C(=O)N[C@H](C)c3ccccc3)n2)cc1. The summed E-state index contributed by atoms with van der Waals surface area (Å²) in [6, 6.07) is 15.8. The number of esters is 1. The van der Waals surface area contributed by atoms with Crippen molar-refractivity contribution in [3.8, 4) is 5.75 Å². The lowest BCUT2D eigenvalue weighted by Gasteiger charge is -2.12. The third-order valence-electron chi connectivity index (χ3n) is 3.95. The Labute approximate surface area is 161 Å². The summed E-state index contributed by atoms with van der Waals surface area (Å²) < 4.78 is 15.2. The number of aromatic nitrogens is 2. The average molecular weight is 381 g/mol. The van der Waals surface area contributed by atoms with Gasteiger partial charge in [0.25, 0.3) is 0 Å². The lowest BCUT2D eigenvalue weighted by atomic mass is 10.1. The molecule has 3 rings (SSSR count). The Balaban J connectivity index is 1.55. The Bertz CT molecular complexity index is 938. The van der Waals surface area contributed by atoms with Crippen molar-refractivity contribution in [2.45, 2.75) is 19.6 Å². The number of ether oxygens (including phenoxy) is 2. The van der Waals surface area contributed by atoms with Crippen molar-refractivity contribution in [3.63, 3.8) is 0 Å². The molecular formula is C20H19N3O5. The fourth-order valence-electron chi connectivity index (χ4n) is 2.44. The molecule has 0 bridgehead atoms. The smallest absolute Gasteiger partial charge is 0.337 e. The van der Waals surface area contributed by atoms with E-state index < -0.39 is 11.9 Å². The highest BCUT2D eigenvalue weighted by Crippen LogP contribution is 2.15. The number of hydrogen-bond donors (Lipinski definition) is 1. The predicted octanol–water partition coefficient (Wildman–Crippen LogP) is 2.93. The molecule has 1 amide bonds. The Hall–Kier alpha value is -3.68. The Kier molecular flexibility index (Phi) is 6.01. The van der Waals surface area contributed by atoms with E-state index in [1.165, 1.54) is 7.11 Å². The highest BCUT2D eigenvalue weighted by atomic mass is 16.5. The molecule has 0 spiro atoms. The van der Waals surface area contributed by atoms with Gasteiger partial charge in [0.1, 0.15) is 5.75 Å². The van der Waals surface area contributed by atoms with Gasteiger partial charge in [-0.25, -0.2) is 4.79 Å². The lowest BCUT2D eigenvalue weighted by molar-refractivity contribution is 0.0600. The number of nitrogens with one attached hydrogen (secondary N) is 1. The first-order valence-corrected chi connectivity index (χ1v) is 8.56. The number of carbonyl (C=O) groups excluding carboxylic acids is 2. The topological polar surface area (TPSA) is 104 Å². The summed E-state index contributed by atoms with van der Waals surface area (Å²) in [5.74, 6) is -0.277. The molecule has 0 saturated carbocycles. The van der Waals surface area contributed by atoms with Crippen LogP contribution in [0.2, 0.25) is 0 Å². The molecule has 2 aromatic carbocycles. The van der Waals surface area contributed by atoms with E-state index in [0.29, 0.717) is 11.3 Å². The molecule has 1 N–H and O–H groups in total. The Morgan fingerprint density at radius 2 is 1.82 bits per heavy atom. The van der Waals surface area contributed by atoms with E-state index in [-0.39, 0.29) is 24.4 Å². The monoisotopic (exact) mass is 381 g/mol. The number of methoxy groups -OCH3 is 1. The van der Waals surface area contributed by atoms with Gasteiger partial charge in [0, 0.05) is 0 Å². The molecule has 0 radical (unpaired) electrons. The van der Waals surface area contributed by atoms with E-state index in [4.69, 9.17) is 9.26 Å². The van der Waals surface area contributed by atoms with Crippen molar-refractivity contribution >= 4 is 11.9 Å². The number of nitrogens with zero attached hydrogens (tertiary/aromatic N) is 2. The first-order chi connectivity index (χ1) is 13.6. The van der Waals surface area contributed by atoms with Gasteiger partial charge >= 0.3 is 17.8 Å². The molecule has 0 aliphatic carbocycles. The molecule has 3 aromatic rings. The van der Waals surface area contributed by atoms with E-state index in [2.05, 4.69) is 20.2 Å². The van der Waals surface area contributed by atoms with Crippen LogP contribution in [0.4, 0.5) is 0 Å². The quantitative estimate of drug-likeness (QED) is 0.628. The maximum Gasteiger partial charge on any atom is 0.337 e. The molecule has 0 fully saturated rings.